The molecule has 21 heavy (non-hydrogen) atoms. The highest BCUT2D eigenvalue weighted by Gasteiger charge is 2.47. The van der Waals surface area contributed by atoms with Gasteiger partial charge in [-0.15, -0.1) is 11.3 Å². The minimum Gasteiger partial charge on any atom is -0.306 e. The molecular formula is C15H23F3N2S. The SMILES string of the molecule is CCNC1(c2nc(CC)c(C)s2)CCC(C(F)(F)F)CC1. The van der Waals surface area contributed by atoms with Crippen LogP contribution in [0.1, 0.15) is 55.1 Å². The van der Waals surface area contributed by atoms with E-state index in [1.165, 1.54) is 4.88 Å². The molecule has 2 rings (SSSR count). The van der Waals surface area contributed by atoms with Crippen molar-refractivity contribution < 1.29 is 13.2 Å². The molecule has 0 unspecified atom stereocenters. The largest absolute Gasteiger partial charge is 0.391 e. The Labute approximate surface area is 128 Å². The molecule has 1 aliphatic rings. The van der Waals surface area contributed by atoms with Crippen LogP contribution in [0.2, 0.25) is 0 Å². The van der Waals surface area contributed by atoms with Gasteiger partial charge in [0.2, 0.25) is 0 Å². The molecule has 1 fully saturated rings. The molecule has 0 aliphatic heterocycles. The van der Waals surface area contributed by atoms with Crippen LogP contribution in [0.4, 0.5) is 13.2 Å². The van der Waals surface area contributed by atoms with E-state index in [1.54, 1.807) is 11.3 Å². The van der Waals surface area contributed by atoms with E-state index in [1.807, 2.05) is 13.8 Å². The maximum Gasteiger partial charge on any atom is 0.391 e. The highest BCUT2D eigenvalue weighted by molar-refractivity contribution is 7.11. The number of aromatic nitrogens is 1. The predicted octanol–water partition coefficient (Wildman–Crippen LogP) is 4.57. The first kappa shape index (κ1) is 16.7. The number of nitrogens with zero attached hydrogens (tertiary/aromatic N) is 1. The van der Waals surface area contributed by atoms with Crippen LogP contribution < -0.4 is 5.32 Å². The van der Waals surface area contributed by atoms with Crippen LogP contribution >= 0.6 is 11.3 Å². The molecule has 0 spiro atoms. The van der Waals surface area contributed by atoms with Crippen LogP contribution in [-0.4, -0.2) is 17.7 Å². The Morgan fingerprint density at radius 2 is 1.90 bits per heavy atom. The van der Waals surface area contributed by atoms with Crippen LogP contribution in [0.15, 0.2) is 0 Å². The lowest BCUT2D eigenvalue weighted by molar-refractivity contribution is -0.185. The van der Waals surface area contributed by atoms with Gasteiger partial charge in [0.1, 0.15) is 5.01 Å². The number of thiazole rings is 1. The molecule has 0 saturated heterocycles. The minimum atomic E-state index is -4.06. The Morgan fingerprint density at radius 1 is 1.29 bits per heavy atom. The van der Waals surface area contributed by atoms with Crippen LogP contribution in [0.25, 0.3) is 0 Å². The first-order valence-electron chi connectivity index (χ1n) is 7.61. The standard InChI is InChI=1S/C15H23F3N2S/c1-4-12-10(3)21-13(20-12)14(19-5-2)8-6-11(7-9-14)15(16,17)18/h11,19H,4-9H2,1-3H3. The lowest BCUT2D eigenvalue weighted by atomic mass is 9.76. The summed E-state index contributed by atoms with van der Waals surface area (Å²) in [5, 5.41) is 4.40. The minimum absolute atomic E-state index is 0.191. The van der Waals surface area contributed by atoms with Crippen molar-refractivity contribution in [2.45, 2.75) is 64.6 Å². The summed E-state index contributed by atoms with van der Waals surface area (Å²) >= 11 is 1.64. The molecule has 1 aliphatic carbocycles. The van der Waals surface area contributed by atoms with Gasteiger partial charge in [0, 0.05) is 4.88 Å². The first-order valence-corrected chi connectivity index (χ1v) is 8.42. The van der Waals surface area contributed by atoms with E-state index in [9.17, 15) is 13.2 Å². The van der Waals surface area contributed by atoms with Gasteiger partial charge < -0.3 is 5.32 Å². The molecule has 0 aromatic carbocycles. The van der Waals surface area contributed by atoms with Crippen LogP contribution in [0, 0.1) is 12.8 Å². The van der Waals surface area contributed by atoms with E-state index in [0.29, 0.717) is 12.8 Å². The van der Waals surface area contributed by atoms with Crippen molar-refractivity contribution in [3.63, 3.8) is 0 Å². The quantitative estimate of drug-likeness (QED) is 0.879. The summed E-state index contributed by atoms with van der Waals surface area (Å²) in [5.74, 6) is -1.16. The second kappa shape index (κ2) is 6.24. The zero-order valence-corrected chi connectivity index (χ0v) is 13.6. The molecule has 1 heterocycles. The van der Waals surface area contributed by atoms with Gasteiger partial charge in [0.15, 0.2) is 0 Å². The summed E-state index contributed by atoms with van der Waals surface area (Å²) in [6.07, 6.45) is -1.78. The summed E-state index contributed by atoms with van der Waals surface area (Å²) in [6, 6.07) is 0. The second-order valence-electron chi connectivity index (χ2n) is 5.80. The van der Waals surface area contributed by atoms with Gasteiger partial charge >= 0.3 is 6.18 Å². The Hall–Kier alpha value is -0.620. The molecule has 1 aromatic rings. The van der Waals surface area contributed by atoms with Gasteiger partial charge in [0.05, 0.1) is 17.2 Å². The van der Waals surface area contributed by atoms with Crippen LogP contribution in [0.3, 0.4) is 0 Å². The van der Waals surface area contributed by atoms with Gasteiger partial charge in [-0.3, -0.25) is 0 Å². The molecule has 120 valence electrons. The third-order valence-electron chi connectivity index (χ3n) is 4.45. The topological polar surface area (TPSA) is 24.9 Å². The van der Waals surface area contributed by atoms with E-state index < -0.39 is 12.1 Å². The van der Waals surface area contributed by atoms with Crippen molar-refractivity contribution in [1.82, 2.24) is 10.3 Å². The molecular weight excluding hydrogens is 297 g/mol. The van der Waals surface area contributed by atoms with E-state index >= 15 is 0 Å². The Balaban J connectivity index is 2.22. The van der Waals surface area contributed by atoms with Gasteiger partial charge in [-0.2, -0.15) is 13.2 Å². The normalized spacial score (nSPS) is 27.0. The number of aryl methyl sites for hydroxylation is 2. The number of rotatable bonds is 4. The molecule has 0 atom stereocenters. The van der Waals surface area contributed by atoms with E-state index in [-0.39, 0.29) is 18.4 Å². The Bertz CT molecular complexity index is 474. The zero-order valence-electron chi connectivity index (χ0n) is 12.8. The number of halogens is 3. The second-order valence-corrected chi connectivity index (χ2v) is 7.01. The van der Waals surface area contributed by atoms with E-state index in [0.717, 1.165) is 23.7 Å². The van der Waals surface area contributed by atoms with E-state index in [2.05, 4.69) is 12.2 Å². The van der Waals surface area contributed by atoms with Crippen molar-refractivity contribution in [2.75, 3.05) is 6.54 Å². The maximum atomic E-state index is 12.9. The summed E-state index contributed by atoms with van der Waals surface area (Å²) in [7, 11) is 0. The zero-order chi connectivity index (χ0) is 15.7. The van der Waals surface area contributed by atoms with Crippen molar-refractivity contribution >= 4 is 11.3 Å². The summed E-state index contributed by atoms with van der Waals surface area (Å²) in [5.41, 5.74) is 0.713. The average Bonchev–Trinajstić information content (AvgIpc) is 2.80. The third-order valence-corrected chi connectivity index (χ3v) is 5.67. The first-order chi connectivity index (χ1) is 9.82. The summed E-state index contributed by atoms with van der Waals surface area (Å²) in [4.78, 5) is 5.89. The Kier molecular flexibility index (Phi) is 4.98. The molecule has 6 heteroatoms. The van der Waals surface area contributed by atoms with Gasteiger partial charge in [0.25, 0.3) is 0 Å². The van der Waals surface area contributed by atoms with E-state index in [4.69, 9.17) is 4.98 Å². The lowest BCUT2D eigenvalue weighted by Gasteiger charge is -2.40. The highest BCUT2D eigenvalue weighted by Crippen LogP contribution is 2.46. The molecule has 1 N–H and O–H groups in total. The fraction of sp³-hybridized carbons (Fsp3) is 0.800. The molecule has 0 bridgehead atoms. The highest BCUT2D eigenvalue weighted by atomic mass is 32.1. The average molecular weight is 320 g/mol. The van der Waals surface area contributed by atoms with Crippen molar-refractivity contribution in [2.24, 2.45) is 5.92 Å². The molecule has 0 amide bonds. The van der Waals surface area contributed by atoms with Crippen molar-refractivity contribution in [1.29, 1.82) is 0 Å². The molecule has 0 radical (unpaired) electrons. The fourth-order valence-corrected chi connectivity index (χ4v) is 4.43. The predicted molar refractivity (Wildman–Crippen MR) is 79.6 cm³/mol. The monoisotopic (exact) mass is 320 g/mol. The molecule has 1 saturated carbocycles. The number of alkyl halides is 3. The third kappa shape index (κ3) is 3.42. The van der Waals surface area contributed by atoms with Crippen molar-refractivity contribution in [3.8, 4) is 0 Å². The molecule has 2 nitrogen and oxygen atoms in total. The van der Waals surface area contributed by atoms with Gasteiger partial charge in [-0.1, -0.05) is 13.8 Å². The Morgan fingerprint density at radius 3 is 2.33 bits per heavy atom. The van der Waals surface area contributed by atoms with Crippen molar-refractivity contribution in [3.05, 3.63) is 15.6 Å². The summed E-state index contributed by atoms with van der Waals surface area (Å²) < 4.78 is 38.6. The molecule has 1 aromatic heterocycles. The summed E-state index contributed by atoms with van der Waals surface area (Å²) in [6.45, 7) is 6.85. The fourth-order valence-electron chi connectivity index (χ4n) is 3.20. The number of hydrogen-bond acceptors (Lipinski definition) is 3. The smallest absolute Gasteiger partial charge is 0.306 e. The number of nitrogens with one attached hydrogen (secondary N) is 1. The van der Waals surface area contributed by atoms with Gasteiger partial charge in [-0.05, 0) is 45.6 Å². The maximum absolute atomic E-state index is 12.9. The van der Waals surface area contributed by atoms with Crippen LogP contribution in [0.5, 0.6) is 0 Å². The van der Waals surface area contributed by atoms with Crippen LogP contribution in [-0.2, 0) is 12.0 Å². The number of hydrogen-bond donors (Lipinski definition) is 1. The lowest BCUT2D eigenvalue weighted by Crippen LogP contribution is -2.46. The van der Waals surface area contributed by atoms with Gasteiger partial charge in [-0.25, -0.2) is 4.98 Å².